The molecule has 0 atom stereocenters. The topological polar surface area (TPSA) is 89.9 Å². The van der Waals surface area contributed by atoms with Crippen LogP contribution in [-0.4, -0.2) is 39.5 Å². The van der Waals surface area contributed by atoms with Crippen LogP contribution in [0.15, 0.2) is 17.0 Å². The van der Waals surface area contributed by atoms with Gasteiger partial charge in [-0.05, 0) is 12.5 Å². The summed E-state index contributed by atoms with van der Waals surface area (Å²) in [5.74, 6) is -1.21. The first-order chi connectivity index (χ1) is 9.37. The van der Waals surface area contributed by atoms with E-state index in [1.807, 2.05) is 6.92 Å². The van der Waals surface area contributed by atoms with Gasteiger partial charge in [-0.15, -0.1) is 0 Å². The summed E-state index contributed by atoms with van der Waals surface area (Å²) in [5, 5.41) is 9.15. The predicted octanol–water partition coefficient (Wildman–Crippen LogP) is 1.98. The molecule has 7 heteroatoms. The Morgan fingerprint density at radius 1 is 1.25 bits per heavy atom. The van der Waals surface area contributed by atoms with E-state index in [9.17, 15) is 13.2 Å². The molecule has 0 aliphatic heterocycles. The molecule has 0 amide bonds. The van der Waals surface area contributed by atoms with Crippen molar-refractivity contribution in [2.24, 2.45) is 0 Å². The number of hydrogen-bond donors (Lipinski definition) is 1. The van der Waals surface area contributed by atoms with Crippen molar-refractivity contribution in [1.29, 1.82) is 0 Å². The van der Waals surface area contributed by atoms with Crippen molar-refractivity contribution in [2.45, 2.75) is 24.7 Å². The Hall–Kier alpha value is -1.76. The third-order valence-corrected chi connectivity index (χ3v) is 4.59. The maximum Gasteiger partial charge on any atom is 0.339 e. The van der Waals surface area contributed by atoms with E-state index in [4.69, 9.17) is 14.6 Å². The molecule has 1 N–H and O–H groups in total. The lowest BCUT2D eigenvalue weighted by molar-refractivity contribution is 0.0692. The van der Waals surface area contributed by atoms with E-state index in [1.54, 1.807) is 0 Å². The molecule has 0 saturated heterocycles. The van der Waals surface area contributed by atoms with Crippen LogP contribution in [0.1, 0.15) is 30.1 Å². The van der Waals surface area contributed by atoms with Crippen molar-refractivity contribution in [3.63, 3.8) is 0 Å². The second-order valence-electron chi connectivity index (χ2n) is 4.18. The minimum absolute atomic E-state index is 0.00874. The third-order valence-electron chi connectivity index (χ3n) is 2.81. The molecule has 1 aromatic carbocycles. The third kappa shape index (κ3) is 3.41. The van der Waals surface area contributed by atoms with E-state index in [-0.39, 0.29) is 27.7 Å². The summed E-state index contributed by atoms with van der Waals surface area (Å²) in [7, 11) is -0.908. The second-order valence-corrected chi connectivity index (χ2v) is 6.29. The lowest BCUT2D eigenvalue weighted by Crippen LogP contribution is -2.10. The SMILES string of the molecule is CCCCS(=O)(=O)c1cc(OC)c(OC)c(C(=O)O)c1. The van der Waals surface area contributed by atoms with Crippen molar-refractivity contribution >= 4 is 15.8 Å². The first kappa shape index (κ1) is 16.3. The number of carboxylic acids is 1. The van der Waals surface area contributed by atoms with Crippen LogP contribution >= 0.6 is 0 Å². The van der Waals surface area contributed by atoms with E-state index in [0.29, 0.717) is 6.42 Å². The number of benzene rings is 1. The molecule has 0 spiro atoms. The molecule has 0 aliphatic carbocycles. The molecule has 0 heterocycles. The van der Waals surface area contributed by atoms with Gasteiger partial charge in [-0.25, -0.2) is 13.2 Å². The maximum atomic E-state index is 12.1. The van der Waals surface area contributed by atoms with Crippen molar-refractivity contribution in [1.82, 2.24) is 0 Å². The average molecular weight is 302 g/mol. The summed E-state index contributed by atoms with van der Waals surface area (Å²) in [5.41, 5.74) is -0.234. The fourth-order valence-electron chi connectivity index (χ4n) is 1.73. The number of carboxylic acid groups (broad SMARTS) is 1. The van der Waals surface area contributed by atoms with Gasteiger partial charge in [0.15, 0.2) is 21.3 Å². The molecule has 112 valence electrons. The van der Waals surface area contributed by atoms with Gasteiger partial charge in [0.25, 0.3) is 0 Å². The molecule has 0 fully saturated rings. The van der Waals surface area contributed by atoms with Gasteiger partial charge >= 0.3 is 5.97 Å². The number of ether oxygens (including phenoxy) is 2. The lowest BCUT2D eigenvalue weighted by Gasteiger charge is -2.13. The summed E-state index contributed by atoms with van der Waals surface area (Å²) in [4.78, 5) is 11.1. The van der Waals surface area contributed by atoms with Crippen molar-refractivity contribution in [2.75, 3.05) is 20.0 Å². The van der Waals surface area contributed by atoms with Crippen molar-refractivity contribution in [3.8, 4) is 11.5 Å². The van der Waals surface area contributed by atoms with Crippen LogP contribution in [0.2, 0.25) is 0 Å². The van der Waals surface area contributed by atoms with Crippen LogP contribution in [0.4, 0.5) is 0 Å². The van der Waals surface area contributed by atoms with Crippen LogP contribution in [0.3, 0.4) is 0 Å². The van der Waals surface area contributed by atoms with E-state index < -0.39 is 15.8 Å². The zero-order valence-electron chi connectivity index (χ0n) is 11.7. The molecule has 1 rings (SSSR count). The molecule has 6 nitrogen and oxygen atoms in total. The van der Waals surface area contributed by atoms with Gasteiger partial charge in [-0.3, -0.25) is 0 Å². The summed E-state index contributed by atoms with van der Waals surface area (Å²) < 4.78 is 34.3. The summed E-state index contributed by atoms with van der Waals surface area (Å²) in [6, 6.07) is 2.39. The molecule has 0 unspecified atom stereocenters. The number of hydrogen-bond acceptors (Lipinski definition) is 5. The first-order valence-corrected chi connectivity index (χ1v) is 7.74. The molecule has 0 aliphatic rings. The molecule has 1 aromatic rings. The Balaban J connectivity index is 3.43. The van der Waals surface area contributed by atoms with Gasteiger partial charge in [0.1, 0.15) is 5.56 Å². The Morgan fingerprint density at radius 3 is 2.35 bits per heavy atom. The highest BCUT2D eigenvalue weighted by Crippen LogP contribution is 2.34. The van der Waals surface area contributed by atoms with Crippen LogP contribution in [0.5, 0.6) is 11.5 Å². The second kappa shape index (κ2) is 6.60. The van der Waals surface area contributed by atoms with Crippen LogP contribution in [0.25, 0.3) is 0 Å². The molecule has 0 aromatic heterocycles. The van der Waals surface area contributed by atoms with E-state index >= 15 is 0 Å². The number of rotatable bonds is 7. The van der Waals surface area contributed by atoms with E-state index in [1.165, 1.54) is 20.3 Å². The van der Waals surface area contributed by atoms with Gasteiger partial charge in [0, 0.05) is 6.07 Å². The smallest absolute Gasteiger partial charge is 0.339 e. The van der Waals surface area contributed by atoms with Gasteiger partial charge in [0.05, 0.1) is 24.9 Å². The molecular weight excluding hydrogens is 284 g/mol. The Morgan fingerprint density at radius 2 is 1.90 bits per heavy atom. The normalized spacial score (nSPS) is 11.2. The van der Waals surface area contributed by atoms with Crippen LogP contribution < -0.4 is 9.47 Å². The molecular formula is C13H18O6S. The number of aromatic carboxylic acids is 1. The predicted molar refractivity (Wildman–Crippen MR) is 73.5 cm³/mol. The molecule has 20 heavy (non-hydrogen) atoms. The molecule has 0 saturated carbocycles. The summed E-state index contributed by atoms with van der Waals surface area (Å²) in [6.07, 6.45) is 1.25. The standard InChI is InChI=1S/C13H18O6S/c1-4-5-6-20(16,17)9-7-10(13(14)15)12(19-3)11(8-9)18-2/h7-8H,4-6H2,1-3H3,(H,14,15). The number of carbonyl (C=O) groups is 1. The zero-order valence-corrected chi connectivity index (χ0v) is 12.5. The Labute approximate surface area is 118 Å². The van der Waals surface area contributed by atoms with E-state index in [2.05, 4.69) is 0 Å². The maximum absolute atomic E-state index is 12.1. The molecule has 0 bridgehead atoms. The lowest BCUT2D eigenvalue weighted by atomic mass is 10.2. The quantitative estimate of drug-likeness (QED) is 0.828. The first-order valence-electron chi connectivity index (χ1n) is 6.09. The summed E-state index contributed by atoms with van der Waals surface area (Å²) >= 11 is 0. The van der Waals surface area contributed by atoms with Crippen LogP contribution in [0, 0.1) is 0 Å². The van der Waals surface area contributed by atoms with Crippen molar-refractivity contribution in [3.05, 3.63) is 17.7 Å². The van der Waals surface area contributed by atoms with Gasteiger partial charge in [-0.1, -0.05) is 13.3 Å². The highest BCUT2D eigenvalue weighted by atomic mass is 32.2. The van der Waals surface area contributed by atoms with Crippen LogP contribution in [-0.2, 0) is 9.84 Å². The average Bonchev–Trinajstić information content (AvgIpc) is 2.43. The van der Waals surface area contributed by atoms with E-state index in [0.717, 1.165) is 12.5 Å². The number of unbranched alkanes of at least 4 members (excludes halogenated alkanes) is 1. The van der Waals surface area contributed by atoms with Crippen molar-refractivity contribution < 1.29 is 27.8 Å². The fraction of sp³-hybridized carbons (Fsp3) is 0.462. The Bertz CT molecular complexity index is 591. The fourth-order valence-corrected chi connectivity index (χ4v) is 3.22. The zero-order chi connectivity index (χ0) is 15.3. The monoisotopic (exact) mass is 302 g/mol. The van der Waals surface area contributed by atoms with Gasteiger partial charge in [0.2, 0.25) is 0 Å². The summed E-state index contributed by atoms with van der Waals surface area (Å²) in [6.45, 7) is 1.88. The largest absolute Gasteiger partial charge is 0.493 e. The van der Waals surface area contributed by atoms with Gasteiger partial charge < -0.3 is 14.6 Å². The highest BCUT2D eigenvalue weighted by Gasteiger charge is 2.23. The number of methoxy groups -OCH3 is 2. The minimum Gasteiger partial charge on any atom is -0.493 e. The number of sulfone groups is 1. The Kier molecular flexibility index (Phi) is 5.38. The molecule has 0 radical (unpaired) electrons. The highest BCUT2D eigenvalue weighted by molar-refractivity contribution is 7.91. The van der Waals surface area contributed by atoms with Gasteiger partial charge in [-0.2, -0.15) is 0 Å². The minimum atomic E-state index is -3.53.